The smallest absolute Gasteiger partial charge is 0.261 e. The Morgan fingerprint density at radius 1 is 1.03 bits per heavy atom. The van der Waals surface area contributed by atoms with Crippen LogP contribution in [0.1, 0.15) is 15.9 Å². The van der Waals surface area contributed by atoms with Crippen LogP contribution in [0.15, 0.2) is 88.8 Å². The summed E-state index contributed by atoms with van der Waals surface area (Å²) in [5.74, 6) is -0.0171. The first-order chi connectivity index (χ1) is 14.4. The predicted molar refractivity (Wildman–Crippen MR) is 112 cm³/mol. The van der Waals surface area contributed by atoms with Crippen LogP contribution in [0.25, 0.3) is 11.5 Å². The van der Waals surface area contributed by atoms with Crippen molar-refractivity contribution in [2.24, 2.45) is 0 Å². The molecule has 0 bridgehead atoms. The zero-order valence-electron chi connectivity index (χ0n) is 15.3. The maximum absolute atomic E-state index is 12.9. The van der Waals surface area contributed by atoms with Gasteiger partial charge in [-0.05, 0) is 54.6 Å². The van der Waals surface area contributed by atoms with Gasteiger partial charge in [0.1, 0.15) is 6.26 Å². The van der Waals surface area contributed by atoms with Gasteiger partial charge in [-0.15, -0.1) is 0 Å². The van der Waals surface area contributed by atoms with Crippen molar-refractivity contribution in [3.63, 3.8) is 0 Å². The normalized spacial score (nSPS) is 11.2. The molecule has 0 aliphatic heterocycles. The Morgan fingerprint density at radius 2 is 1.83 bits per heavy atom. The highest BCUT2D eigenvalue weighted by atomic mass is 35.5. The lowest BCUT2D eigenvalue weighted by atomic mass is 10.0. The molecule has 9 heteroatoms. The summed E-state index contributed by atoms with van der Waals surface area (Å²) >= 11 is 6.04. The number of anilines is 1. The average Bonchev–Trinajstić information content (AvgIpc) is 3.30. The fourth-order valence-electron chi connectivity index (χ4n) is 2.79. The molecule has 0 amide bonds. The fraction of sp³-hybridized carbons (Fsp3) is 0. The number of ketones is 1. The maximum atomic E-state index is 12.9. The van der Waals surface area contributed by atoms with E-state index in [0.29, 0.717) is 22.0 Å². The summed E-state index contributed by atoms with van der Waals surface area (Å²) < 4.78 is 33.5. The van der Waals surface area contributed by atoms with Gasteiger partial charge in [0.25, 0.3) is 10.0 Å². The van der Waals surface area contributed by atoms with Crippen molar-refractivity contribution >= 4 is 33.1 Å². The van der Waals surface area contributed by atoms with E-state index < -0.39 is 15.8 Å². The first-order valence-electron chi connectivity index (χ1n) is 8.71. The van der Waals surface area contributed by atoms with E-state index in [1.165, 1.54) is 49.0 Å². The third-order valence-corrected chi connectivity index (χ3v) is 5.85. The molecule has 0 aliphatic carbocycles. The Bertz CT molecular complexity index is 1290. The zero-order chi connectivity index (χ0) is 21.1. The summed E-state index contributed by atoms with van der Waals surface area (Å²) in [6, 6.07) is 13.6. The number of benzene rings is 2. The second-order valence-corrected chi connectivity index (χ2v) is 8.35. The summed E-state index contributed by atoms with van der Waals surface area (Å²) in [5, 5.41) is 0.306. The van der Waals surface area contributed by atoms with E-state index in [-0.39, 0.29) is 16.1 Å². The molecule has 2 aromatic carbocycles. The minimum Gasteiger partial charge on any atom is -0.445 e. The van der Waals surface area contributed by atoms with Crippen LogP contribution in [0, 0.1) is 0 Å². The highest BCUT2D eigenvalue weighted by Crippen LogP contribution is 2.27. The Hall–Kier alpha value is -3.49. The molecule has 0 aliphatic rings. The second-order valence-electron chi connectivity index (χ2n) is 6.23. The first kappa shape index (κ1) is 19.8. The number of aromatic nitrogens is 2. The molecule has 0 saturated heterocycles. The predicted octanol–water partition coefficient (Wildman–Crippen LogP) is 4.42. The van der Waals surface area contributed by atoms with Crippen molar-refractivity contribution < 1.29 is 17.6 Å². The van der Waals surface area contributed by atoms with Crippen molar-refractivity contribution in [3.8, 4) is 11.5 Å². The number of carbonyl (C=O) groups excluding carboxylic acids is 1. The van der Waals surface area contributed by atoms with Crippen molar-refractivity contribution in [2.45, 2.75) is 4.90 Å². The number of nitrogens with zero attached hydrogens (tertiary/aromatic N) is 2. The van der Waals surface area contributed by atoms with Crippen molar-refractivity contribution in [1.82, 2.24) is 9.97 Å². The molecule has 0 radical (unpaired) electrons. The van der Waals surface area contributed by atoms with E-state index in [2.05, 4.69) is 14.7 Å². The molecule has 4 aromatic rings. The van der Waals surface area contributed by atoms with Crippen LogP contribution in [-0.4, -0.2) is 24.2 Å². The SMILES string of the molecule is O=C(c1cccnc1)c1cc(Cl)ccc1NS(=O)(=O)c1ccc(-c2ncco2)cc1. The number of pyridine rings is 1. The highest BCUT2D eigenvalue weighted by Gasteiger charge is 2.20. The number of carbonyl (C=O) groups is 1. The average molecular weight is 440 g/mol. The van der Waals surface area contributed by atoms with E-state index in [0.717, 1.165) is 0 Å². The molecule has 2 aromatic heterocycles. The first-order valence-corrected chi connectivity index (χ1v) is 10.6. The molecule has 0 saturated carbocycles. The summed E-state index contributed by atoms with van der Waals surface area (Å²) in [4.78, 5) is 20.8. The number of sulfonamides is 1. The summed E-state index contributed by atoms with van der Waals surface area (Å²) in [6.07, 6.45) is 5.88. The van der Waals surface area contributed by atoms with Gasteiger partial charge in [-0.2, -0.15) is 0 Å². The number of halogens is 1. The Morgan fingerprint density at radius 3 is 2.50 bits per heavy atom. The third kappa shape index (κ3) is 4.10. The standard InChI is InChI=1S/C21H14ClN3O4S/c22-16-5-8-19(18(12-16)20(26)15-2-1-9-23-13-15)25-30(27,28)17-6-3-14(4-7-17)21-24-10-11-29-21/h1-13,25H. The quantitative estimate of drug-likeness (QED) is 0.446. The van der Waals surface area contributed by atoms with Crippen molar-refractivity contribution in [3.05, 3.63) is 95.6 Å². The minimum absolute atomic E-state index is 0.0209. The summed E-state index contributed by atoms with van der Waals surface area (Å²) in [5.41, 5.74) is 1.19. The van der Waals surface area contributed by atoms with Gasteiger partial charge in [0.2, 0.25) is 5.89 Å². The molecule has 0 fully saturated rings. The van der Waals surface area contributed by atoms with E-state index in [1.54, 1.807) is 30.5 Å². The van der Waals surface area contributed by atoms with E-state index in [4.69, 9.17) is 16.0 Å². The molecule has 4 rings (SSSR count). The second kappa shape index (κ2) is 8.10. The molecule has 150 valence electrons. The maximum Gasteiger partial charge on any atom is 0.261 e. The largest absolute Gasteiger partial charge is 0.445 e. The van der Waals surface area contributed by atoms with Gasteiger partial charge < -0.3 is 4.42 Å². The number of hydrogen-bond acceptors (Lipinski definition) is 6. The number of oxazole rings is 1. The van der Waals surface area contributed by atoms with Gasteiger partial charge in [-0.25, -0.2) is 13.4 Å². The highest BCUT2D eigenvalue weighted by molar-refractivity contribution is 7.92. The fourth-order valence-corrected chi connectivity index (χ4v) is 4.04. The van der Waals surface area contributed by atoms with E-state index in [1.807, 2.05) is 0 Å². The number of nitrogens with one attached hydrogen (secondary N) is 1. The monoisotopic (exact) mass is 439 g/mol. The van der Waals surface area contributed by atoms with Crippen LogP contribution in [0.3, 0.4) is 0 Å². The van der Waals surface area contributed by atoms with Gasteiger partial charge in [0.15, 0.2) is 5.78 Å². The van der Waals surface area contributed by atoms with Crippen LogP contribution in [-0.2, 0) is 10.0 Å². The molecule has 0 unspecified atom stereocenters. The molecule has 1 N–H and O–H groups in total. The topological polar surface area (TPSA) is 102 Å². The summed E-state index contributed by atoms with van der Waals surface area (Å²) in [6.45, 7) is 0. The lowest BCUT2D eigenvalue weighted by Gasteiger charge is -2.13. The van der Waals surface area contributed by atoms with Gasteiger partial charge in [0, 0.05) is 34.1 Å². The van der Waals surface area contributed by atoms with Gasteiger partial charge in [-0.1, -0.05) is 11.6 Å². The van der Waals surface area contributed by atoms with E-state index >= 15 is 0 Å². The van der Waals surface area contributed by atoms with Crippen molar-refractivity contribution in [1.29, 1.82) is 0 Å². The molecular weight excluding hydrogens is 426 g/mol. The zero-order valence-corrected chi connectivity index (χ0v) is 16.9. The number of hydrogen-bond donors (Lipinski definition) is 1. The minimum atomic E-state index is -3.96. The van der Waals surface area contributed by atoms with Crippen LogP contribution in [0.4, 0.5) is 5.69 Å². The summed E-state index contributed by atoms with van der Waals surface area (Å²) in [7, 11) is -3.96. The number of rotatable bonds is 6. The Kier molecular flexibility index (Phi) is 5.35. The lowest BCUT2D eigenvalue weighted by Crippen LogP contribution is -2.16. The van der Waals surface area contributed by atoms with Crippen LogP contribution < -0.4 is 4.72 Å². The Balaban J connectivity index is 1.66. The van der Waals surface area contributed by atoms with Crippen LogP contribution >= 0.6 is 11.6 Å². The van der Waals surface area contributed by atoms with Crippen LogP contribution in [0.2, 0.25) is 5.02 Å². The van der Waals surface area contributed by atoms with Crippen LogP contribution in [0.5, 0.6) is 0 Å². The molecular formula is C21H14ClN3O4S. The lowest BCUT2D eigenvalue weighted by molar-refractivity contribution is 0.103. The third-order valence-electron chi connectivity index (χ3n) is 4.24. The van der Waals surface area contributed by atoms with Crippen molar-refractivity contribution in [2.75, 3.05) is 4.72 Å². The van der Waals surface area contributed by atoms with Gasteiger partial charge in [0.05, 0.1) is 16.8 Å². The molecule has 30 heavy (non-hydrogen) atoms. The molecule has 0 spiro atoms. The van der Waals surface area contributed by atoms with E-state index in [9.17, 15) is 13.2 Å². The van der Waals surface area contributed by atoms with Gasteiger partial charge >= 0.3 is 0 Å². The molecule has 0 atom stereocenters. The molecule has 2 heterocycles. The molecule has 7 nitrogen and oxygen atoms in total. The van der Waals surface area contributed by atoms with Gasteiger partial charge in [-0.3, -0.25) is 14.5 Å². The Labute approximate surface area is 177 Å².